The van der Waals surface area contributed by atoms with Crippen LogP contribution in [0.25, 0.3) is 0 Å². The van der Waals surface area contributed by atoms with E-state index >= 15 is 0 Å². The fraction of sp³-hybridized carbons (Fsp3) is 0.562. The van der Waals surface area contributed by atoms with Gasteiger partial charge in [-0.1, -0.05) is 24.9 Å². The number of halogens is 1. The molecule has 4 N–H and O–H groups in total. The first-order valence-corrected chi connectivity index (χ1v) is 7.87. The van der Waals surface area contributed by atoms with Crippen LogP contribution in [0.2, 0.25) is 5.02 Å². The van der Waals surface area contributed by atoms with Crippen LogP contribution in [0.1, 0.15) is 49.4 Å². The molecule has 1 aliphatic rings. The summed E-state index contributed by atoms with van der Waals surface area (Å²) in [5, 5.41) is 13.7. The summed E-state index contributed by atoms with van der Waals surface area (Å²) < 4.78 is 0. The Morgan fingerprint density at radius 3 is 2.71 bits per heavy atom. The third kappa shape index (κ3) is 4.11. The lowest BCUT2D eigenvalue weighted by Crippen LogP contribution is -2.45. The first-order valence-electron chi connectivity index (χ1n) is 7.49. The highest BCUT2D eigenvalue weighted by atomic mass is 35.5. The number of carbonyl (C=O) groups excluding carboxylic acids is 1. The van der Waals surface area contributed by atoms with Crippen LogP contribution < -0.4 is 11.1 Å². The van der Waals surface area contributed by atoms with Gasteiger partial charge >= 0.3 is 0 Å². The highest BCUT2D eigenvalue weighted by Crippen LogP contribution is 2.33. The zero-order chi connectivity index (χ0) is 15.5. The van der Waals surface area contributed by atoms with Crippen LogP contribution in [0.5, 0.6) is 0 Å². The van der Waals surface area contributed by atoms with E-state index in [-0.39, 0.29) is 12.5 Å². The van der Waals surface area contributed by atoms with Gasteiger partial charge in [-0.2, -0.15) is 0 Å². The summed E-state index contributed by atoms with van der Waals surface area (Å²) in [4.78, 5) is 12.1. The molecule has 0 aliphatic heterocycles. The minimum Gasteiger partial charge on any atom is -0.398 e. The number of rotatable bonds is 4. The standard InChI is InChI=1S/C16H23ClN2O2/c1-2-11-5-7-16(21,8-6-11)10-19-15(20)12-3-4-14(18)13(17)9-12/h3-4,9,11,21H,2,5-8,10,18H2,1H3,(H,19,20). The van der Waals surface area contributed by atoms with Crippen LogP contribution in [-0.2, 0) is 0 Å². The lowest BCUT2D eigenvalue weighted by Gasteiger charge is -2.35. The van der Waals surface area contributed by atoms with Crippen LogP contribution in [-0.4, -0.2) is 23.2 Å². The van der Waals surface area contributed by atoms with E-state index in [9.17, 15) is 9.90 Å². The van der Waals surface area contributed by atoms with E-state index in [0.717, 1.165) is 32.1 Å². The van der Waals surface area contributed by atoms with Crippen molar-refractivity contribution in [2.24, 2.45) is 5.92 Å². The number of nitrogens with one attached hydrogen (secondary N) is 1. The molecule has 0 atom stereocenters. The number of carbonyl (C=O) groups is 1. The molecule has 1 aromatic rings. The fourth-order valence-electron chi connectivity index (χ4n) is 2.82. The van der Waals surface area contributed by atoms with E-state index in [1.807, 2.05) is 0 Å². The number of aliphatic hydroxyl groups is 1. The molecule has 0 spiro atoms. The Kier molecular flexibility index (Phi) is 5.12. The number of hydrogen-bond donors (Lipinski definition) is 3. The molecule has 1 fully saturated rings. The quantitative estimate of drug-likeness (QED) is 0.748. The van der Waals surface area contributed by atoms with Crippen molar-refractivity contribution in [1.29, 1.82) is 0 Å². The first-order chi connectivity index (χ1) is 9.93. The molecule has 2 rings (SSSR count). The minimum atomic E-state index is -0.779. The monoisotopic (exact) mass is 310 g/mol. The van der Waals surface area contributed by atoms with Gasteiger partial charge in [0.15, 0.2) is 0 Å². The van der Waals surface area contributed by atoms with Gasteiger partial charge in [-0.15, -0.1) is 0 Å². The van der Waals surface area contributed by atoms with E-state index < -0.39 is 5.60 Å². The largest absolute Gasteiger partial charge is 0.398 e. The van der Waals surface area contributed by atoms with Crippen molar-refractivity contribution in [1.82, 2.24) is 5.32 Å². The fourth-order valence-corrected chi connectivity index (χ4v) is 3.00. The van der Waals surface area contributed by atoms with Crippen LogP contribution in [0.4, 0.5) is 5.69 Å². The van der Waals surface area contributed by atoms with Gasteiger partial charge in [0, 0.05) is 12.1 Å². The normalized spacial score (nSPS) is 25.6. The molecule has 1 amide bonds. The van der Waals surface area contributed by atoms with Crippen molar-refractivity contribution in [2.45, 2.75) is 44.6 Å². The molecular formula is C16H23ClN2O2. The summed E-state index contributed by atoms with van der Waals surface area (Å²) in [5.74, 6) is 0.472. The van der Waals surface area contributed by atoms with Gasteiger partial charge in [-0.3, -0.25) is 4.79 Å². The SMILES string of the molecule is CCC1CCC(O)(CNC(=O)c2ccc(N)c(Cl)c2)CC1. The molecule has 1 aliphatic carbocycles. The average molecular weight is 311 g/mol. The van der Waals surface area contributed by atoms with Gasteiger partial charge < -0.3 is 16.2 Å². The van der Waals surface area contributed by atoms with Crippen molar-refractivity contribution < 1.29 is 9.90 Å². The molecule has 0 heterocycles. The number of hydrogen-bond acceptors (Lipinski definition) is 3. The maximum Gasteiger partial charge on any atom is 0.251 e. The number of nitrogens with two attached hydrogens (primary N) is 1. The van der Waals surface area contributed by atoms with Crippen molar-refractivity contribution in [2.75, 3.05) is 12.3 Å². The summed E-state index contributed by atoms with van der Waals surface area (Å²) in [6.07, 6.45) is 4.70. The van der Waals surface area contributed by atoms with Gasteiger partial charge in [0.2, 0.25) is 0 Å². The van der Waals surface area contributed by atoms with E-state index in [1.54, 1.807) is 18.2 Å². The number of anilines is 1. The molecule has 21 heavy (non-hydrogen) atoms. The third-order valence-electron chi connectivity index (χ3n) is 4.45. The second-order valence-corrected chi connectivity index (χ2v) is 6.40. The predicted molar refractivity (Wildman–Crippen MR) is 85.4 cm³/mol. The Morgan fingerprint density at radius 2 is 2.14 bits per heavy atom. The maximum absolute atomic E-state index is 12.1. The summed E-state index contributed by atoms with van der Waals surface area (Å²) in [5.41, 5.74) is 5.75. The summed E-state index contributed by atoms with van der Waals surface area (Å²) in [6, 6.07) is 4.79. The van der Waals surface area contributed by atoms with Crippen LogP contribution >= 0.6 is 11.6 Å². The predicted octanol–water partition coefficient (Wildman–Crippen LogP) is 2.98. The zero-order valence-electron chi connectivity index (χ0n) is 12.4. The molecule has 0 radical (unpaired) electrons. The smallest absolute Gasteiger partial charge is 0.251 e. The second-order valence-electron chi connectivity index (χ2n) is 5.99. The van der Waals surface area contributed by atoms with Crippen molar-refractivity contribution in [3.63, 3.8) is 0 Å². The molecule has 0 aromatic heterocycles. The second kappa shape index (κ2) is 6.67. The van der Waals surface area contributed by atoms with E-state index in [4.69, 9.17) is 17.3 Å². The molecule has 4 nitrogen and oxygen atoms in total. The van der Waals surface area contributed by atoms with E-state index in [0.29, 0.717) is 22.2 Å². The number of nitrogen functional groups attached to an aromatic ring is 1. The molecular weight excluding hydrogens is 288 g/mol. The summed E-state index contributed by atoms with van der Waals surface area (Å²) in [7, 11) is 0. The summed E-state index contributed by atoms with van der Waals surface area (Å²) in [6.45, 7) is 2.46. The summed E-state index contributed by atoms with van der Waals surface area (Å²) >= 11 is 5.91. The molecule has 0 saturated heterocycles. The molecule has 0 unspecified atom stereocenters. The molecule has 5 heteroatoms. The van der Waals surface area contributed by atoms with Crippen LogP contribution in [0.3, 0.4) is 0 Å². The highest BCUT2D eigenvalue weighted by Gasteiger charge is 2.32. The van der Waals surface area contributed by atoms with Gasteiger partial charge in [0.1, 0.15) is 0 Å². The minimum absolute atomic E-state index is 0.233. The van der Waals surface area contributed by atoms with Gasteiger partial charge in [0.05, 0.1) is 16.3 Å². The Bertz CT molecular complexity index is 511. The Balaban J connectivity index is 1.90. The van der Waals surface area contributed by atoms with Crippen molar-refractivity contribution in [3.8, 4) is 0 Å². The Morgan fingerprint density at radius 1 is 1.48 bits per heavy atom. The zero-order valence-corrected chi connectivity index (χ0v) is 13.1. The molecule has 0 bridgehead atoms. The number of amides is 1. The highest BCUT2D eigenvalue weighted by molar-refractivity contribution is 6.33. The Hall–Kier alpha value is -1.26. The topological polar surface area (TPSA) is 75.3 Å². The first kappa shape index (κ1) is 16.1. The van der Waals surface area contributed by atoms with Crippen LogP contribution in [0.15, 0.2) is 18.2 Å². The lowest BCUT2D eigenvalue weighted by molar-refractivity contribution is -0.00786. The van der Waals surface area contributed by atoms with Crippen molar-refractivity contribution >= 4 is 23.2 Å². The Labute approximate surface area is 130 Å². The van der Waals surface area contributed by atoms with Crippen molar-refractivity contribution in [3.05, 3.63) is 28.8 Å². The lowest BCUT2D eigenvalue weighted by atomic mass is 9.78. The molecule has 116 valence electrons. The molecule has 1 aromatic carbocycles. The van der Waals surface area contributed by atoms with Gasteiger partial charge in [-0.05, 0) is 49.8 Å². The van der Waals surface area contributed by atoms with Crippen LogP contribution in [0, 0.1) is 5.92 Å². The average Bonchev–Trinajstić information content (AvgIpc) is 2.48. The molecule has 1 saturated carbocycles. The van der Waals surface area contributed by atoms with Gasteiger partial charge in [-0.25, -0.2) is 0 Å². The van der Waals surface area contributed by atoms with E-state index in [1.165, 1.54) is 0 Å². The van der Waals surface area contributed by atoms with Gasteiger partial charge in [0.25, 0.3) is 5.91 Å². The van der Waals surface area contributed by atoms with E-state index in [2.05, 4.69) is 12.2 Å². The maximum atomic E-state index is 12.1. The number of benzene rings is 1. The third-order valence-corrected chi connectivity index (χ3v) is 4.78.